The fourth-order valence-electron chi connectivity index (χ4n) is 3.61. The Balaban J connectivity index is 1.64. The first-order chi connectivity index (χ1) is 16.2. The second-order valence-corrected chi connectivity index (χ2v) is 9.77. The molecule has 182 valence electrons. The maximum Gasteiger partial charge on any atom is 0.240 e. The third-order valence-electron chi connectivity index (χ3n) is 5.24. The largest absolute Gasteiger partial charge is 0.352 e. The highest BCUT2D eigenvalue weighted by molar-refractivity contribution is 7.86. The molecule has 2 N–H and O–H groups in total. The maximum absolute atomic E-state index is 13.6. The summed E-state index contributed by atoms with van der Waals surface area (Å²) in [4.78, 5) is 38.7. The van der Waals surface area contributed by atoms with E-state index in [0.29, 0.717) is 5.69 Å². The maximum atomic E-state index is 13.6. The van der Waals surface area contributed by atoms with Crippen LogP contribution in [0, 0.1) is 11.6 Å². The van der Waals surface area contributed by atoms with Crippen molar-refractivity contribution >= 4 is 51.5 Å². The molecule has 2 aromatic carbocycles. The van der Waals surface area contributed by atoms with E-state index in [1.54, 1.807) is 0 Å². The molecule has 1 unspecified atom stereocenters. The third kappa shape index (κ3) is 7.59. The summed E-state index contributed by atoms with van der Waals surface area (Å²) in [5.74, 6) is -3.87. The zero-order valence-electron chi connectivity index (χ0n) is 18.2. The number of nitrogens with one attached hydrogen (secondary N) is 2. The number of hydrogen-bond donors (Lipinski definition) is 2. The van der Waals surface area contributed by atoms with Crippen molar-refractivity contribution in [2.75, 3.05) is 28.3 Å². The van der Waals surface area contributed by atoms with Gasteiger partial charge in [0.05, 0.1) is 5.02 Å². The zero-order valence-corrected chi connectivity index (χ0v) is 19.8. The summed E-state index contributed by atoms with van der Waals surface area (Å²) in [6, 6.07) is 8.64. The van der Waals surface area contributed by atoms with Gasteiger partial charge in [-0.1, -0.05) is 24.4 Å². The van der Waals surface area contributed by atoms with Crippen molar-refractivity contribution in [3.8, 4) is 0 Å². The van der Waals surface area contributed by atoms with Gasteiger partial charge in [0.15, 0.2) is 0 Å². The Morgan fingerprint density at radius 2 is 1.68 bits per heavy atom. The summed E-state index contributed by atoms with van der Waals surface area (Å²) < 4.78 is 39.1. The van der Waals surface area contributed by atoms with Crippen molar-refractivity contribution in [3.05, 3.63) is 59.1 Å². The molecule has 0 saturated heterocycles. The van der Waals surface area contributed by atoms with Crippen LogP contribution in [0.1, 0.15) is 25.7 Å². The normalized spacial score (nSPS) is 14.4. The third-order valence-corrected chi connectivity index (χ3v) is 6.69. The molecule has 1 aliphatic rings. The summed E-state index contributed by atoms with van der Waals surface area (Å²) in [7, 11) is -1.90. The molecule has 0 radical (unpaired) electrons. The molecule has 11 heteroatoms. The Labute approximate surface area is 203 Å². The SMILES string of the molecule is O=C(CS(=O)CC(=O)N(CC(=O)NC1CCCC1)c1ccc(F)c(Cl)c1)Nc1ccc(F)cc1. The van der Waals surface area contributed by atoms with Gasteiger partial charge in [-0.05, 0) is 55.3 Å². The van der Waals surface area contributed by atoms with Crippen LogP contribution in [0.25, 0.3) is 0 Å². The Hall–Kier alpha value is -2.85. The number of hydrogen-bond acceptors (Lipinski definition) is 4. The molecule has 2 aromatic rings. The number of carbonyl (C=O) groups is 3. The number of anilines is 2. The topological polar surface area (TPSA) is 95.6 Å². The van der Waals surface area contributed by atoms with Crippen molar-refractivity contribution in [1.29, 1.82) is 0 Å². The van der Waals surface area contributed by atoms with E-state index in [2.05, 4.69) is 10.6 Å². The number of benzene rings is 2. The molecule has 0 spiro atoms. The zero-order chi connectivity index (χ0) is 24.7. The van der Waals surface area contributed by atoms with E-state index < -0.39 is 51.7 Å². The second-order valence-electron chi connectivity index (χ2n) is 7.91. The first kappa shape index (κ1) is 25.8. The fraction of sp³-hybridized carbons (Fsp3) is 0.348. The number of halogens is 3. The number of nitrogens with zero attached hydrogens (tertiary/aromatic N) is 1. The molecule has 0 heterocycles. The van der Waals surface area contributed by atoms with Crippen molar-refractivity contribution in [2.45, 2.75) is 31.7 Å². The Morgan fingerprint density at radius 3 is 2.32 bits per heavy atom. The molecule has 1 saturated carbocycles. The second kappa shape index (κ2) is 12.0. The molecule has 34 heavy (non-hydrogen) atoms. The van der Waals surface area contributed by atoms with Crippen molar-refractivity contribution < 1.29 is 27.4 Å². The summed E-state index contributed by atoms with van der Waals surface area (Å²) in [5, 5.41) is 5.11. The van der Waals surface area contributed by atoms with Crippen LogP contribution < -0.4 is 15.5 Å². The standard InChI is InChI=1S/C23H24ClF2N3O4S/c24-19-11-18(9-10-20(19)26)29(12-21(30)27-16-3-1-2-4-16)23(32)14-34(33)13-22(31)28-17-7-5-15(25)6-8-17/h5-11,16H,1-4,12-14H2,(H,27,30)(H,28,31). The van der Waals surface area contributed by atoms with Crippen LogP contribution in [-0.4, -0.2) is 46.0 Å². The van der Waals surface area contributed by atoms with Crippen LogP contribution in [0.2, 0.25) is 5.02 Å². The monoisotopic (exact) mass is 511 g/mol. The van der Waals surface area contributed by atoms with E-state index in [1.165, 1.54) is 36.4 Å². The van der Waals surface area contributed by atoms with E-state index in [9.17, 15) is 27.4 Å². The first-order valence-electron chi connectivity index (χ1n) is 10.7. The van der Waals surface area contributed by atoms with Gasteiger partial charge in [-0.15, -0.1) is 0 Å². The highest BCUT2D eigenvalue weighted by atomic mass is 35.5. The summed E-state index contributed by atoms with van der Waals surface area (Å²) in [6.07, 6.45) is 3.74. The van der Waals surface area contributed by atoms with E-state index in [4.69, 9.17) is 11.6 Å². The average molecular weight is 512 g/mol. The summed E-state index contributed by atoms with van der Waals surface area (Å²) in [6.45, 7) is -0.365. The highest BCUT2D eigenvalue weighted by Gasteiger charge is 2.25. The molecule has 1 atom stereocenters. The summed E-state index contributed by atoms with van der Waals surface area (Å²) >= 11 is 5.85. The van der Waals surface area contributed by atoms with Crippen LogP contribution >= 0.6 is 11.6 Å². The lowest BCUT2D eigenvalue weighted by molar-refractivity contribution is -0.123. The van der Waals surface area contributed by atoms with Crippen LogP contribution in [0.4, 0.5) is 20.2 Å². The van der Waals surface area contributed by atoms with Crippen LogP contribution in [0.5, 0.6) is 0 Å². The minimum atomic E-state index is -1.90. The smallest absolute Gasteiger partial charge is 0.240 e. The molecule has 1 fully saturated rings. The van der Waals surface area contributed by atoms with Crippen LogP contribution in [0.15, 0.2) is 42.5 Å². The molecule has 7 nitrogen and oxygen atoms in total. The van der Waals surface area contributed by atoms with Crippen LogP contribution in [0.3, 0.4) is 0 Å². The van der Waals surface area contributed by atoms with E-state index in [1.807, 2.05) is 0 Å². The van der Waals surface area contributed by atoms with Gasteiger partial charge < -0.3 is 15.5 Å². The lowest BCUT2D eigenvalue weighted by Crippen LogP contribution is -2.45. The van der Waals surface area contributed by atoms with Crippen molar-refractivity contribution in [3.63, 3.8) is 0 Å². The predicted molar refractivity (Wildman–Crippen MR) is 127 cm³/mol. The predicted octanol–water partition coefficient (Wildman–Crippen LogP) is 3.40. The molecule has 3 rings (SSSR count). The van der Waals surface area contributed by atoms with E-state index in [-0.39, 0.29) is 23.3 Å². The molecule has 3 amide bonds. The fourth-order valence-corrected chi connectivity index (χ4v) is 4.68. The van der Waals surface area contributed by atoms with Gasteiger partial charge in [0.2, 0.25) is 17.7 Å². The Kier molecular flexibility index (Phi) is 9.12. The average Bonchev–Trinajstić information content (AvgIpc) is 3.28. The molecular formula is C23H24ClF2N3O4S. The van der Waals surface area contributed by atoms with Gasteiger partial charge in [-0.25, -0.2) is 8.78 Å². The van der Waals surface area contributed by atoms with Crippen LogP contribution in [-0.2, 0) is 25.2 Å². The van der Waals surface area contributed by atoms with Gasteiger partial charge in [0.25, 0.3) is 0 Å². The quantitative estimate of drug-likeness (QED) is 0.539. The first-order valence-corrected chi connectivity index (χ1v) is 12.5. The molecular weight excluding hydrogens is 488 g/mol. The Morgan fingerprint density at radius 1 is 1.00 bits per heavy atom. The lowest BCUT2D eigenvalue weighted by atomic mass is 10.2. The lowest BCUT2D eigenvalue weighted by Gasteiger charge is -2.23. The van der Waals surface area contributed by atoms with Gasteiger partial charge in [-0.3, -0.25) is 18.6 Å². The minimum Gasteiger partial charge on any atom is -0.352 e. The Bertz CT molecular complexity index is 1080. The van der Waals surface area contributed by atoms with Crippen molar-refractivity contribution in [1.82, 2.24) is 5.32 Å². The van der Waals surface area contributed by atoms with Gasteiger partial charge in [0, 0.05) is 28.2 Å². The number of carbonyl (C=O) groups excluding carboxylic acids is 3. The minimum absolute atomic E-state index is 0.0329. The highest BCUT2D eigenvalue weighted by Crippen LogP contribution is 2.23. The number of rotatable bonds is 9. The number of amides is 3. The molecule has 0 aromatic heterocycles. The van der Waals surface area contributed by atoms with Crippen molar-refractivity contribution in [2.24, 2.45) is 0 Å². The van der Waals surface area contributed by atoms with Gasteiger partial charge >= 0.3 is 0 Å². The molecule has 1 aliphatic carbocycles. The van der Waals surface area contributed by atoms with E-state index >= 15 is 0 Å². The van der Waals surface area contributed by atoms with Gasteiger partial charge in [-0.2, -0.15) is 0 Å². The summed E-state index contributed by atoms with van der Waals surface area (Å²) in [5.41, 5.74) is 0.492. The molecule has 0 bridgehead atoms. The van der Waals surface area contributed by atoms with Gasteiger partial charge in [0.1, 0.15) is 29.7 Å². The molecule has 0 aliphatic heterocycles. The van der Waals surface area contributed by atoms with E-state index in [0.717, 1.165) is 36.6 Å².